The molecule has 0 aromatic carbocycles. The molecule has 0 radical (unpaired) electrons. The Kier molecular flexibility index (Phi) is 10.5. The number of thiol groups is 1. The molecule has 80 valence electrons. The van der Waals surface area contributed by atoms with Crippen molar-refractivity contribution in [2.24, 2.45) is 11.5 Å². The Balaban J connectivity index is 3.41. The average molecular weight is 205 g/mol. The van der Waals surface area contributed by atoms with Crippen molar-refractivity contribution >= 4 is 12.6 Å². The third kappa shape index (κ3) is 8.56. The van der Waals surface area contributed by atoms with Crippen molar-refractivity contribution in [2.45, 2.75) is 19.3 Å². The lowest BCUT2D eigenvalue weighted by Crippen LogP contribution is -2.29. The predicted octanol–water partition coefficient (Wildman–Crippen LogP) is 0.306. The van der Waals surface area contributed by atoms with Gasteiger partial charge in [0, 0.05) is 12.3 Å². The van der Waals surface area contributed by atoms with Gasteiger partial charge >= 0.3 is 0 Å². The molecule has 0 bridgehead atoms. The van der Waals surface area contributed by atoms with E-state index >= 15 is 0 Å². The fourth-order valence-electron chi connectivity index (χ4n) is 1.27. The van der Waals surface area contributed by atoms with Gasteiger partial charge in [0.05, 0.1) is 0 Å². The highest BCUT2D eigenvalue weighted by Crippen LogP contribution is 1.96. The lowest BCUT2D eigenvalue weighted by molar-refractivity contribution is 0.283. The van der Waals surface area contributed by atoms with Crippen LogP contribution >= 0.6 is 12.6 Å². The molecule has 0 saturated carbocycles. The summed E-state index contributed by atoms with van der Waals surface area (Å²) in [5.41, 5.74) is 10.9. The smallest absolute Gasteiger partial charge is 0.00698 e. The van der Waals surface area contributed by atoms with E-state index in [-0.39, 0.29) is 0 Å². The molecule has 13 heavy (non-hydrogen) atoms. The average Bonchev–Trinajstić information content (AvgIpc) is 2.14. The fourth-order valence-corrected chi connectivity index (χ4v) is 1.55. The normalized spacial score (nSPS) is 11.1. The minimum absolute atomic E-state index is 0.778. The van der Waals surface area contributed by atoms with Gasteiger partial charge in [-0.1, -0.05) is 0 Å². The maximum Gasteiger partial charge on any atom is 0.00698 e. The van der Waals surface area contributed by atoms with Crippen LogP contribution < -0.4 is 11.5 Å². The summed E-state index contributed by atoms with van der Waals surface area (Å²) in [6.45, 7) is 4.87. The van der Waals surface area contributed by atoms with Crippen molar-refractivity contribution in [3.05, 3.63) is 0 Å². The molecular weight excluding hydrogens is 182 g/mol. The molecule has 0 spiro atoms. The third-order valence-electron chi connectivity index (χ3n) is 2.02. The first kappa shape index (κ1) is 13.2. The topological polar surface area (TPSA) is 55.3 Å². The van der Waals surface area contributed by atoms with Crippen molar-refractivity contribution < 1.29 is 0 Å². The molecule has 0 aliphatic heterocycles. The molecule has 0 aromatic heterocycles. The first-order valence-electron chi connectivity index (χ1n) is 5.08. The molecule has 3 nitrogen and oxygen atoms in total. The van der Waals surface area contributed by atoms with Gasteiger partial charge in [0.15, 0.2) is 0 Å². The zero-order valence-electron chi connectivity index (χ0n) is 8.41. The monoisotopic (exact) mass is 205 g/mol. The summed E-state index contributed by atoms with van der Waals surface area (Å²) in [7, 11) is 0. The van der Waals surface area contributed by atoms with E-state index in [1.807, 2.05) is 0 Å². The van der Waals surface area contributed by atoms with Crippen LogP contribution in [0.1, 0.15) is 19.3 Å². The van der Waals surface area contributed by atoms with Crippen LogP contribution in [0.2, 0.25) is 0 Å². The van der Waals surface area contributed by atoms with Gasteiger partial charge in [-0.3, -0.25) is 0 Å². The molecule has 0 heterocycles. The minimum Gasteiger partial charge on any atom is -0.330 e. The number of nitrogens with zero attached hydrogens (tertiary/aromatic N) is 1. The number of rotatable bonds is 9. The molecule has 0 rings (SSSR count). The summed E-state index contributed by atoms with van der Waals surface area (Å²) in [6.07, 6.45) is 3.39. The van der Waals surface area contributed by atoms with E-state index in [1.165, 1.54) is 6.42 Å². The number of hydrogen-bond donors (Lipinski definition) is 3. The van der Waals surface area contributed by atoms with Crippen LogP contribution in [0.5, 0.6) is 0 Å². The SMILES string of the molecule is NCCCCN(CCS)CCCN. The molecule has 0 aromatic rings. The van der Waals surface area contributed by atoms with Gasteiger partial charge in [0.2, 0.25) is 0 Å². The summed E-state index contributed by atoms with van der Waals surface area (Å²) in [5, 5.41) is 0. The molecule has 4 heteroatoms. The zero-order chi connectivity index (χ0) is 9.94. The van der Waals surface area contributed by atoms with E-state index < -0.39 is 0 Å². The third-order valence-corrected chi connectivity index (χ3v) is 2.22. The second-order valence-corrected chi connectivity index (χ2v) is 3.65. The van der Waals surface area contributed by atoms with E-state index in [2.05, 4.69) is 17.5 Å². The first-order valence-corrected chi connectivity index (χ1v) is 5.71. The van der Waals surface area contributed by atoms with E-state index in [4.69, 9.17) is 11.5 Å². The quantitative estimate of drug-likeness (QED) is 0.375. The Morgan fingerprint density at radius 3 is 2.00 bits per heavy atom. The summed E-state index contributed by atoms with van der Waals surface area (Å²) < 4.78 is 0. The van der Waals surface area contributed by atoms with Crippen LogP contribution in [0.25, 0.3) is 0 Å². The minimum atomic E-state index is 0.778. The molecule has 0 unspecified atom stereocenters. The van der Waals surface area contributed by atoms with Crippen molar-refractivity contribution in [3.63, 3.8) is 0 Å². The summed E-state index contributed by atoms with van der Waals surface area (Å²) in [6, 6.07) is 0. The molecular formula is C9H23N3S. The van der Waals surface area contributed by atoms with Crippen molar-refractivity contribution in [2.75, 3.05) is 38.5 Å². The van der Waals surface area contributed by atoms with Crippen LogP contribution in [-0.4, -0.2) is 43.4 Å². The van der Waals surface area contributed by atoms with E-state index in [0.717, 1.165) is 51.3 Å². The van der Waals surface area contributed by atoms with Crippen LogP contribution in [-0.2, 0) is 0 Å². The molecule has 0 aliphatic carbocycles. The van der Waals surface area contributed by atoms with Gasteiger partial charge < -0.3 is 16.4 Å². The molecule has 0 amide bonds. The molecule has 0 aliphatic rings. The molecule has 0 atom stereocenters. The van der Waals surface area contributed by atoms with E-state index in [1.54, 1.807) is 0 Å². The molecule has 4 N–H and O–H groups in total. The van der Waals surface area contributed by atoms with Crippen molar-refractivity contribution in [1.82, 2.24) is 4.90 Å². The standard InChI is InChI=1S/C9H23N3S/c10-4-1-2-6-12(8-9-13)7-3-5-11/h13H,1-11H2. The van der Waals surface area contributed by atoms with Gasteiger partial charge in [-0.05, 0) is 45.4 Å². The Morgan fingerprint density at radius 2 is 1.46 bits per heavy atom. The Morgan fingerprint density at radius 1 is 0.846 bits per heavy atom. The maximum absolute atomic E-state index is 5.46. The van der Waals surface area contributed by atoms with E-state index in [9.17, 15) is 0 Å². The number of nitrogens with two attached hydrogens (primary N) is 2. The highest BCUT2D eigenvalue weighted by Gasteiger charge is 2.01. The summed E-state index contributed by atoms with van der Waals surface area (Å²) in [4.78, 5) is 2.41. The molecule has 0 fully saturated rings. The summed E-state index contributed by atoms with van der Waals surface area (Å²) in [5.74, 6) is 0.924. The second-order valence-electron chi connectivity index (χ2n) is 3.20. The maximum atomic E-state index is 5.46. The lowest BCUT2D eigenvalue weighted by atomic mass is 10.3. The largest absolute Gasteiger partial charge is 0.330 e. The van der Waals surface area contributed by atoms with Gasteiger partial charge in [-0.25, -0.2) is 0 Å². The second kappa shape index (κ2) is 10.3. The van der Waals surface area contributed by atoms with Crippen molar-refractivity contribution in [1.29, 1.82) is 0 Å². The molecule has 0 saturated heterocycles. The summed E-state index contributed by atoms with van der Waals surface area (Å²) >= 11 is 4.23. The Hall–Kier alpha value is 0.230. The lowest BCUT2D eigenvalue weighted by Gasteiger charge is -2.20. The van der Waals surface area contributed by atoms with Crippen molar-refractivity contribution in [3.8, 4) is 0 Å². The van der Waals surface area contributed by atoms with E-state index in [0.29, 0.717) is 0 Å². The first-order chi connectivity index (χ1) is 6.35. The fraction of sp³-hybridized carbons (Fsp3) is 1.00. The van der Waals surface area contributed by atoms with Crippen LogP contribution in [0.15, 0.2) is 0 Å². The number of hydrogen-bond acceptors (Lipinski definition) is 4. The van der Waals surface area contributed by atoms with Crippen LogP contribution in [0.4, 0.5) is 0 Å². The van der Waals surface area contributed by atoms with Gasteiger partial charge in [-0.2, -0.15) is 12.6 Å². The van der Waals surface area contributed by atoms with Crippen LogP contribution in [0.3, 0.4) is 0 Å². The Bertz CT molecular complexity index is 101. The highest BCUT2D eigenvalue weighted by molar-refractivity contribution is 7.80. The predicted molar refractivity (Wildman–Crippen MR) is 62.3 cm³/mol. The zero-order valence-corrected chi connectivity index (χ0v) is 9.31. The van der Waals surface area contributed by atoms with Gasteiger partial charge in [-0.15, -0.1) is 0 Å². The number of unbranched alkanes of at least 4 members (excludes halogenated alkanes) is 1. The van der Waals surface area contributed by atoms with Gasteiger partial charge in [0.1, 0.15) is 0 Å². The van der Waals surface area contributed by atoms with Gasteiger partial charge in [0.25, 0.3) is 0 Å². The van der Waals surface area contributed by atoms with Crippen LogP contribution in [0, 0.1) is 0 Å². The Labute approximate surface area is 87.3 Å². The highest BCUT2D eigenvalue weighted by atomic mass is 32.1.